The van der Waals surface area contributed by atoms with Gasteiger partial charge in [-0.05, 0) is 25.1 Å². The van der Waals surface area contributed by atoms with E-state index in [1.807, 2.05) is 5.32 Å². The number of hydrogen-bond donors (Lipinski definition) is 2. The van der Waals surface area contributed by atoms with Gasteiger partial charge in [-0.3, -0.25) is 10.1 Å². The molecule has 3 N–H and O–H groups in total. The van der Waals surface area contributed by atoms with E-state index in [1.54, 1.807) is 0 Å². The third-order valence-corrected chi connectivity index (χ3v) is 2.52. The molecule has 0 bridgehead atoms. The Balaban J connectivity index is 2.80. The molecule has 8 nitrogen and oxygen atoms in total. The summed E-state index contributed by atoms with van der Waals surface area (Å²) in [4.78, 5) is 33.9. The Morgan fingerprint density at radius 1 is 1.14 bits per heavy atom. The molecule has 1 atom stereocenters. The summed E-state index contributed by atoms with van der Waals surface area (Å²) in [5.74, 6) is -0.755. The normalized spacial score (nSPS) is 11.2. The molecule has 0 radical (unpaired) electrons. The average Bonchev–Trinajstić information content (AvgIpc) is 2.45. The number of ether oxygens (including phenoxy) is 3. The van der Waals surface area contributed by atoms with E-state index in [2.05, 4.69) is 0 Å². The van der Waals surface area contributed by atoms with Crippen LogP contribution in [0.15, 0.2) is 18.2 Å². The minimum Gasteiger partial charge on any atom is -0.493 e. The van der Waals surface area contributed by atoms with E-state index in [4.69, 9.17) is 19.9 Å². The number of rotatable bonds is 5. The number of urea groups is 1. The number of carbonyl (C=O) groups excluding carboxylic acids is 3. The van der Waals surface area contributed by atoms with Crippen molar-refractivity contribution in [3.8, 4) is 11.5 Å². The van der Waals surface area contributed by atoms with Gasteiger partial charge in [-0.2, -0.15) is 0 Å². The van der Waals surface area contributed by atoms with Gasteiger partial charge in [-0.25, -0.2) is 9.59 Å². The van der Waals surface area contributed by atoms with Gasteiger partial charge >= 0.3 is 12.0 Å². The predicted molar refractivity (Wildman–Crippen MR) is 72.1 cm³/mol. The first kappa shape index (κ1) is 16.3. The molecule has 0 saturated heterocycles. The van der Waals surface area contributed by atoms with Crippen molar-refractivity contribution in [3.05, 3.63) is 23.8 Å². The molecule has 3 amide bonds. The third-order valence-electron chi connectivity index (χ3n) is 2.52. The van der Waals surface area contributed by atoms with Crippen molar-refractivity contribution >= 4 is 17.9 Å². The number of nitrogens with two attached hydrogens (primary N) is 1. The summed E-state index contributed by atoms with van der Waals surface area (Å²) in [7, 11) is 2.89. The zero-order valence-electron chi connectivity index (χ0n) is 11.8. The highest BCUT2D eigenvalue weighted by Crippen LogP contribution is 2.27. The molecule has 0 saturated carbocycles. The second-order valence-electron chi connectivity index (χ2n) is 3.97. The number of methoxy groups -OCH3 is 2. The van der Waals surface area contributed by atoms with Gasteiger partial charge in [-0.1, -0.05) is 0 Å². The minimum atomic E-state index is -1.17. The van der Waals surface area contributed by atoms with Crippen molar-refractivity contribution in [2.24, 2.45) is 5.73 Å². The van der Waals surface area contributed by atoms with Crippen LogP contribution in [0.2, 0.25) is 0 Å². The fourth-order valence-electron chi connectivity index (χ4n) is 1.47. The second-order valence-corrected chi connectivity index (χ2v) is 3.97. The van der Waals surface area contributed by atoms with E-state index in [9.17, 15) is 14.4 Å². The fourth-order valence-corrected chi connectivity index (χ4v) is 1.47. The van der Waals surface area contributed by atoms with Gasteiger partial charge in [0.1, 0.15) is 0 Å². The predicted octanol–water partition coefficient (Wildman–Crippen LogP) is 0.444. The fraction of sp³-hybridized carbons (Fsp3) is 0.308. The van der Waals surface area contributed by atoms with Crippen LogP contribution in [0.4, 0.5) is 4.79 Å². The van der Waals surface area contributed by atoms with E-state index in [0.29, 0.717) is 11.5 Å². The van der Waals surface area contributed by atoms with Crippen LogP contribution in [0.5, 0.6) is 11.5 Å². The number of hydrogen-bond acceptors (Lipinski definition) is 6. The van der Waals surface area contributed by atoms with Crippen molar-refractivity contribution in [1.29, 1.82) is 0 Å². The highest BCUT2D eigenvalue weighted by atomic mass is 16.5. The molecule has 0 aliphatic carbocycles. The van der Waals surface area contributed by atoms with Gasteiger partial charge in [0, 0.05) is 0 Å². The van der Waals surface area contributed by atoms with Crippen LogP contribution in [-0.2, 0) is 9.53 Å². The number of amides is 3. The van der Waals surface area contributed by atoms with Crippen LogP contribution in [0, 0.1) is 0 Å². The first-order valence-electron chi connectivity index (χ1n) is 5.92. The highest BCUT2D eigenvalue weighted by molar-refractivity contribution is 5.98. The van der Waals surface area contributed by atoms with Gasteiger partial charge < -0.3 is 19.9 Å². The van der Waals surface area contributed by atoms with Gasteiger partial charge in [0.15, 0.2) is 17.6 Å². The molecule has 0 unspecified atom stereocenters. The summed E-state index contributed by atoms with van der Waals surface area (Å²) in [6.07, 6.45) is -1.17. The van der Waals surface area contributed by atoms with Gasteiger partial charge in [0.25, 0.3) is 5.91 Å². The average molecular weight is 296 g/mol. The Bertz CT molecular complexity index is 558. The largest absolute Gasteiger partial charge is 0.493 e. The standard InChI is InChI=1S/C13H16N2O6/c1-7(11(16)15-13(14)18)21-12(17)8-4-5-9(19-2)10(6-8)20-3/h4-7H,1-3H3,(H3,14,15,16,18)/t7-/m1/s1. The molecule has 0 aromatic heterocycles. The van der Waals surface area contributed by atoms with Gasteiger partial charge in [0.2, 0.25) is 0 Å². The molecule has 114 valence electrons. The minimum absolute atomic E-state index is 0.173. The lowest BCUT2D eigenvalue weighted by molar-refractivity contribution is -0.127. The molecule has 0 aliphatic rings. The van der Waals surface area contributed by atoms with Crippen LogP contribution in [0.1, 0.15) is 17.3 Å². The smallest absolute Gasteiger partial charge is 0.339 e. The topological polar surface area (TPSA) is 117 Å². The first-order chi connectivity index (χ1) is 9.88. The second kappa shape index (κ2) is 7.13. The van der Waals surface area contributed by atoms with E-state index in [-0.39, 0.29) is 5.56 Å². The van der Waals surface area contributed by atoms with Crippen LogP contribution in [0.25, 0.3) is 0 Å². The Morgan fingerprint density at radius 3 is 2.29 bits per heavy atom. The Morgan fingerprint density at radius 2 is 1.76 bits per heavy atom. The lowest BCUT2D eigenvalue weighted by atomic mass is 10.2. The number of esters is 1. The molecule has 21 heavy (non-hydrogen) atoms. The SMILES string of the molecule is COc1ccc(C(=O)O[C@H](C)C(=O)NC(N)=O)cc1OC. The zero-order valence-corrected chi connectivity index (χ0v) is 11.8. The van der Waals surface area contributed by atoms with Crippen molar-refractivity contribution in [2.75, 3.05) is 14.2 Å². The molecular weight excluding hydrogens is 280 g/mol. The summed E-state index contributed by atoms with van der Waals surface area (Å²) >= 11 is 0. The number of primary amides is 1. The maximum Gasteiger partial charge on any atom is 0.339 e. The van der Waals surface area contributed by atoms with Crippen LogP contribution in [-0.4, -0.2) is 38.2 Å². The Labute approximate surface area is 121 Å². The van der Waals surface area contributed by atoms with Crippen molar-refractivity contribution in [3.63, 3.8) is 0 Å². The number of imide groups is 1. The van der Waals surface area contributed by atoms with Crippen molar-refractivity contribution < 1.29 is 28.6 Å². The number of benzene rings is 1. The van der Waals surface area contributed by atoms with Gasteiger partial charge in [0.05, 0.1) is 19.8 Å². The van der Waals surface area contributed by atoms with Crippen LogP contribution >= 0.6 is 0 Å². The lowest BCUT2D eigenvalue weighted by Crippen LogP contribution is -2.42. The summed E-state index contributed by atoms with van der Waals surface area (Å²) in [6.45, 7) is 1.32. The third kappa shape index (κ3) is 4.37. The monoisotopic (exact) mass is 296 g/mol. The quantitative estimate of drug-likeness (QED) is 0.762. The van der Waals surface area contributed by atoms with Crippen LogP contribution < -0.4 is 20.5 Å². The molecule has 8 heteroatoms. The summed E-state index contributed by atoms with van der Waals surface area (Å²) in [5, 5.41) is 1.82. The number of carbonyl (C=O) groups is 3. The van der Waals surface area contributed by atoms with E-state index in [0.717, 1.165) is 0 Å². The molecule has 1 aromatic carbocycles. The van der Waals surface area contributed by atoms with Gasteiger partial charge in [-0.15, -0.1) is 0 Å². The maximum absolute atomic E-state index is 11.9. The molecule has 1 rings (SSSR count). The van der Waals surface area contributed by atoms with E-state index in [1.165, 1.54) is 39.3 Å². The van der Waals surface area contributed by atoms with E-state index >= 15 is 0 Å². The zero-order chi connectivity index (χ0) is 16.0. The molecule has 0 heterocycles. The summed E-state index contributed by atoms with van der Waals surface area (Å²) in [5.41, 5.74) is 4.97. The highest BCUT2D eigenvalue weighted by Gasteiger charge is 2.20. The molecular formula is C13H16N2O6. The summed E-state index contributed by atoms with van der Waals surface area (Å²) < 4.78 is 15.0. The molecule has 0 fully saturated rings. The van der Waals surface area contributed by atoms with Crippen molar-refractivity contribution in [2.45, 2.75) is 13.0 Å². The summed E-state index contributed by atoms with van der Waals surface area (Å²) in [6, 6.07) is 3.39. The Hall–Kier alpha value is -2.77. The molecule has 0 aliphatic heterocycles. The van der Waals surface area contributed by atoms with Crippen LogP contribution in [0.3, 0.4) is 0 Å². The first-order valence-corrected chi connectivity index (χ1v) is 5.92. The maximum atomic E-state index is 11.9. The molecule has 0 spiro atoms. The van der Waals surface area contributed by atoms with E-state index < -0.39 is 24.0 Å². The molecule has 1 aromatic rings. The lowest BCUT2D eigenvalue weighted by Gasteiger charge is -2.13. The Kier molecular flexibility index (Phi) is 5.53. The van der Waals surface area contributed by atoms with Crippen molar-refractivity contribution in [1.82, 2.24) is 5.32 Å². The number of nitrogens with one attached hydrogen (secondary N) is 1.